The van der Waals surface area contributed by atoms with Crippen LogP contribution in [0.5, 0.6) is 11.5 Å². The number of methoxy groups -OCH3 is 1. The number of carbonyl (C=O) groups is 1. The van der Waals surface area contributed by atoms with Gasteiger partial charge in [-0.3, -0.25) is 9.89 Å². The lowest BCUT2D eigenvalue weighted by molar-refractivity contribution is -0.123. The molecule has 0 radical (unpaired) electrons. The smallest absolute Gasteiger partial charge is 0.258 e. The summed E-state index contributed by atoms with van der Waals surface area (Å²) in [6.07, 6.45) is 3.38. The number of carbonyl (C=O) groups excluding carboxylic acids is 1. The maximum absolute atomic E-state index is 11.5. The first-order valence-electron chi connectivity index (χ1n) is 5.79. The van der Waals surface area contributed by atoms with E-state index in [2.05, 4.69) is 15.5 Å². The number of hydrogen-bond donors (Lipinski definition) is 2. The van der Waals surface area contributed by atoms with Crippen molar-refractivity contribution in [2.24, 2.45) is 0 Å². The Morgan fingerprint density at radius 3 is 2.68 bits per heavy atom. The van der Waals surface area contributed by atoms with Gasteiger partial charge in [-0.1, -0.05) is 0 Å². The fraction of sp³-hybridized carbons (Fsp3) is 0.231. The van der Waals surface area contributed by atoms with Gasteiger partial charge in [0, 0.05) is 18.3 Å². The zero-order valence-electron chi connectivity index (χ0n) is 10.6. The lowest BCUT2D eigenvalue weighted by Gasteiger charge is -2.07. The minimum atomic E-state index is -0.183. The topological polar surface area (TPSA) is 76.2 Å². The van der Waals surface area contributed by atoms with E-state index in [0.717, 1.165) is 11.3 Å². The highest BCUT2D eigenvalue weighted by Gasteiger charge is 2.03. The van der Waals surface area contributed by atoms with Gasteiger partial charge in [0.15, 0.2) is 6.61 Å². The lowest BCUT2D eigenvalue weighted by atomic mass is 10.3. The highest BCUT2D eigenvalue weighted by molar-refractivity contribution is 5.77. The van der Waals surface area contributed by atoms with Crippen molar-refractivity contribution in [1.29, 1.82) is 0 Å². The average Bonchev–Trinajstić information content (AvgIpc) is 2.96. The van der Waals surface area contributed by atoms with E-state index >= 15 is 0 Å². The number of ether oxygens (including phenoxy) is 2. The Hall–Kier alpha value is -2.50. The third-order valence-corrected chi connectivity index (χ3v) is 2.47. The molecule has 6 nitrogen and oxygen atoms in total. The van der Waals surface area contributed by atoms with Gasteiger partial charge in [0.25, 0.3) is 5.91 Å². The molecule has 1 aromatic heterocycles. The van der Waals surface area contributed by atoms with Crippen LogP contribution in [-0.4, -0.2) is 29.8 Å². The summed E-state index contributed by atoms with van der Waals surface area (Å²) in [6, 6.07) is 7.06. The molecular formula is C13H15N3O3. The molecule has 1 amide bonds. The molecule has 1 aromatic carbocycles. The molecule has 0 saturated carbocycles. The monoisotopic (exact) mass is 261 g/mol. The zero-order chi connectivity index (χ0) is 13.5. The van der Waals surface area contributed by atoms with Gasteiger partial charge in [-0.2, -0.15) is 5.10 Å². The second-order valence-electron chi connectivity index (χ2n) is 3.85. The molecule has 0 unspecified atom stereocenters. The third-order valence-electron chi connectivity index (χ3n) is 2.47. The van der Waals surface area contributed by atoms with Crippen molar-refractivity contribution in [3.8, 4) is 11.5 Å². The summed E-state index contributed by atoms with van der Waals surface area (Å²) >= 11 is 0. The van der Waals surface area contributed by atoms with Gasteiger partial charge in [-0.25, -0.2) is 0 Å². The molecule has 2 N–H and O–H groups in total. The molecule has 0 spiro atoms. The predicted octanol–water partition coefficient (Wildman–Crippen LogP) is 1.11. The normalized spacial score (nSPS) is 9.95. The van der Waals surface area contributed by atoms with Gasteiger partial charge >= 0.3 is 0 Å². The number of H-pyrrole nitrogens is 1. The molecule has 19 heavy (non-hydrogen) atoms. The largest absolute Gasteiger partial charge is 0.497 e. The van der Waals surface area contributed by atoms with Gasteiger partial charge in [-0.15, -0.1) is 0 Å². The molecule has 0 aliphatic heterocycles. The van der Waals surface area contributed by atoms with Gasteiger partial charge in [0.05, 0.1) is 13.3 Å². The van der Waals surface area contributed by atoms with Crippen molar-refractivity contribution in [1.82, 2.24) is 15.5 Å². The first-order chi connectivity index (χ1) is 9.28. The van der Waals surface area contributed by atoms with Crippen LogP contribution in [0.4, 0.5) is 0 Å². The maximum atomic E-state index is 11.5. The van der Waals surface area contributed by atoms with Gasteiger partial charge in [0.1, 0.15) is 11.5 Å². The van der Waals surface area contributed by atoms with Crippen LogP contribution >= 0.6 is 0 Å². The first kappa shape index (κ1) is 12.9. The number of benzene rings is 1. The molecule has 2 aromatic rings. The summed E-state index contributed by atoms with van der Waals surface area (Å²) in [6.45, 7) is 0.408. The summed E-state index contributed by atoms with van der Waals surface area (Å²) in [5.41, 5.74) is 0.915. The van der Waals surface area contributed by atoms with Crippen LogP contribution in [0.15, 0.2) is 36.7 Å². The van der Waals surface area contributed by atoms with Crippen LogP contribution in [-0.2, 0) is 11.3 Å². The Labute approximate surface area is 110 Å². The number of nitrogens with one attached hydrogen (secondary N) is 2. The lowest BCUT2D eigenvalue weighted by Crippen LogP contribution is -2.28. The fourth-order valence-electron chi connectivity index (χ4n) is 1.45. The number of nitrogens with zero attached hydrogens (tertiary/aromatic N) is 1. The second-order valence-corrected chi connectivity index (χ2v) is 3.85. The van der Waals surface area contributed by atoms with Gasteiger partial charge in [0.2, 0.25) is 0 Å². The Morgan fingerprint density at radius 2 is 2.05 bits per heavy atom. The highest BCUT2D eigenvalue weighted by atomic mass is 16.5. The second kappa shape index (κ2) is 6.44. The van der Waals surface area contributed by atoms with E-state index < -0.39 is 0 Å². The SMILES string of the molecule is COc1ccc(OCC(=O)NCc2cn[nH]c2)cc1. The summed E-state index contributed by atoms with van der Waals surface area (Å²) in [7, 11) is 1.60. The Morgan fingerprint density at radius 1 is 1.32 bits per heavy atom. The van der Waals surface area contributed by atoms with E-state index in [1.807, 2.05) is 0 Å². The number of aromatic nitrogens is 2. The van der Waals surface area contributed by atoms with Crippen molar-refractivity contribution in [2.45, 2.75) is 6.54 Å². The molecule has 0 saturated heterocycles. The van der Waals surface area contributed by atoms with Crippen LogP contribution in [0.1, 0.15) is 5.56 Å². The van der Waals surface area contributed by atoms with E-state index in [-0.39, 0.29) is 12.5 Å². The Kier molecular flexibility index (Phi) is 4.39. The molecule has 0 bridgehead atoms. The third kappa shape index (κ3) is 4.02. The summed E-state index contributed by atoms with van der Waals surface area (Å²) in [4.78, 5) is 11.5. The number of aromatic amines is 1. The number of rotatable bonds is 6. The Balaban J connectivity index is 1.73. The van der Waals surface area contributed by atoms with Gasteiger partial charge in [-0.05, 0) is 24.3 Å². The molecule has 2 rings (SSSR count). The van der Waals surface area contributed by atoms with Gasteiger partial charge < -0.3 is 14.8 Å². The summed E-state index contributed by atoms with van der Waals surface area (Å²) < 4.78 is 10.4. The van der Waals surface area contributed by atoms with Crippen molar-refractivity contribution >= 4 is 5.91 Å². The molecule has 0 aliphatic carbocycles. The van der Waals surface area contributed by atoms with Crippen molar-refractivity contribution in [3.63, 3.8) is 0 Å². The van der Waals surface area contributed by atoms with Crippen molar-refractivity contribution in [3.05, 3.63) is 42.2 Å². The first-order valence-corrected chi connectivity index (χ1v) is 5.79. The molecule has 0 atom stereocenters. The minimum Gasteiger partial charge on any atom is -0.497 e. The van der Waals surface area contributed by atoms with Crippen LogP contribution in [0.25, 0.3) is 0 Å². The van der Waals surface area contributed by atoms with E-state index in [1.165, 1.54) is 0 Å². The predicted molar refractivity (Wildman–Crippen MR) is 68.9 cm³/mol. The van der Waals surface area contributed by atoms with E-state index in [1.54, 1.807) is 43.8 Å². The molecule has 6 heteroatoms. The highest BCUT2D eigenvalue weighted by Crippen LogP contribution is 2.16. The summed E-state index contributed by atoms with van der Waals surface area (Å²) in [5.74, 6) is 1.19. The standard InChI is InChI=1S/C13H15N3O3/c1-18-11-2-4-12(5-3-11)19-9-13(17)14-6-10-7-15-16-8-10/h2-5,7-8H,6,9H2,1H3,(H,14,17)(H,15,16). The molecular weight excluding hydrogens is 246 g/mol. The fourth-order valence-corrected chi connectivity index (χ4v) is 1.45. The average molecular weight is 261 g/mol. The number of amides is 1. The van der Waals surface area contributed by atoms with Crippen LogP contribution in [0.3, 0.4) is 0 Å². The van der Waals surface area contributed by atoms with Crippen LogP contribution < -0.4 is 14.8 Å². The molecule has 0 aliphatic rings. The molecule has 0 fully saturated rings. The van der Waals surface area contributed by atoms with E-state index in [4.69, 9.17) is 9.47 Å². The minimum absolute atomic E-state index is 0.0236. The zero-order valence-corrected chi connectivity index (χ0v) is 10.6. The molecule has 100 valence electrons. The van der Waals surface area contributed by atoms with E-state index in [9.17, 15) is 4.79 Å². The summed E-state index contributed by atoms with van der Waals surface area (Å²) in [5, 5.41) is 9.20. The van der Waals surface area contributed by atoms with Crippen molar-refractivity contribution in [2.75, 3.05) is 13.7 Å². The van der Waals surface area contributed by atoms with E-state index in [0.29, 0.717) is 12.3 Å². The van der Waals surface area contributed by atoms with Crippen LogP contribution in [0.2, 0.25) is 0 Å². The van der Waals surface area contributed by atoms with Crippen LogP contribution in [0, 0.1) is 0 Å². The molecule has 1 heterocycles. The maximum Gasteiger partial charge on any atom is 0.258 e. The Bertz CT molecular complexity index is 508. The quantitative estimate of drug-likeness (QED) is 0.816. The number of hydrogen-bond acceptors (Lipinski definition) is 4. The van der Waals surface area contributed by atoms with Crippen molar-refractivity contribution < 1.29 is 14.3 Å².